The zero-order chi connectivity index (χ0) is 20.3. The van der Waals surface area contributed by atoms with Crippen LogP contribution in [0.1, 0.15) is 52.9 Å². The SMILES string of the molecule is C=C1[C@@H]2CC[C@H]3[C@@]45CO[C@](O)([C@@H](O)[C@@H]4C(C)(C)CC[C@@H]5OC(C)=O)[C@]3(C2)[C@@H]1O. The van der Waals surface area contributed by atoms with Gasteiger partial charge in [0.05, 0.1) is 18.1 Å². The van der Waals surface area contributed by atoms with Gasteiger partial charge in [-0.2, -0.15) is 0 Å². The Balaban J connectivity index is 1.75. The van der Waals surface area contributed by atoms with Gasteiger partial charge in [0.25, 0.3) is 0 Å². The van der Waals surface area contributed by atoms with E-state index in [0.29, 0.717) is 12.8 Å². The summed E-state index contributed by atoms with van der Waals surface area (Å²) in [4.78, 5) is 12.0. The smallest absolute Gasteiger partial charge is 0.302 e. The Hall–Kier alpha value is -0.950. The molecule has 6 fully saturated rings. The highest BCUT2D eigenvalue weighted by Gasteiger charge is 2.84. The first-order valence-electron chi connectivity index (χ1n) is 10.6. The number of aliphatic hydroxyl groups is 3. The number of rotatable bonds is 1. The van der Waals surface area contributed by atoms with Gasteiger partial charge in [0.1, 0.15) is 12.2 Å². The van der Waals surface area contributed by atoms with Gasteiger partial charge >= 0.3 is 5.97 Å². The van der Waals surface area contributed by atoms with Crippen LogP contribution in [0, 0.1) is 34.0 Å². The van der Waals surface area contributed by atoms with Crippen molar-refractivity contribution in [2.24, 2.45) is 34.0 Å². The molecule has 6 rings (SSSR count). The molecule has 4 saturated carbocycles. The highest BCUT2D eigenvalue weighted by molar-refractivity contribution is 5.66. The van der Waals surface area contributed by atoms with E-state index in [1.54, 1.807) is 0 Å². The zero-order valence-corrected chi connectivity index (χ0v) is 17.0. The quantitative estimate of drug-likeness (QED) is 0.465. The molecule has 2 spiro atoms. The van der Waals surface area contributed by atoms with E-state index in [2.05, 4.69) is 20.4 Å². The van der Waals surface area contributed by atoms with E-state index in [1.807, 2.05) is 0 Å². The number of ether oxygens (including phenoxy) is 2. The molecular weight excluding hydrogens is 360 g/mol. The molecule has 3 N–H and O–H groups in total. The molecule has 2 aliphatic heterocycles. The molecule has 156 valence electrons. The second-order valence-electron chi connectivity index (χ2n) is 10.7. The third-order valence-electron chi connectivity index (χ3n) is 9.33. The maximum Gasteiger partial charge on any atom is 0.302 e. The van der Waals surface area contributed by atoms with Crippen molar-refractivity contribution >= 4 is 5.97 Å². The summed E-state index contributed by atoms with van der Waals surface area (Å²) in [6, 6.07) is 0. The number of carbonyl (C=O) groups is 1. The molecular formula is C22H32O6. The molecule has 0 aromatic carbocycles. The molecule has 0 aromatic rings. The fraction of sp³-hybridized carbons (Fsp3) is 0.864. The Morgan fingerprint density at radius 3 is 2.64 bits per heavy atom. The Bertz CT molecular complexity index is 747. The molecule has 0 aromatic heterocycles. The van der Waals surface area contributed by atoms with Gasteiger partial charge in [0, 0.05) is 18.3 Å². The van der Waals surface area contributed by atoms with Gasteiger partial charge in [-0.25, -0.2) is 0 Å². The average Bonchev–Trinajstić information content (AvgIpc) is 2.81. The summed E-state index contributed by atoms with van der Waals surface area (Å²) in [7, 11) is 0. The second-order valence-corrected chi connectivity index (χ2v) is 10.7. The van der Waals surface area contributed by atoms with Crippen LogP contribution in [0.5, 0.6) is 0 Å². The van der Waals surface area contributed by atoms with Crippen LogP contribution in [0.15, 0.2) is 12.2 Å². The number of aliphatic hydroxyl groups excluding tert-OH is 2. The van der Waals surface area contributed by atoms with Gasteiger partial charge in [-0.1, -0.05) is 20.4 Å². The number of esters is 1. The lowest BCUT2D eigenvalue weighted by molar-refractivity contribution is -0.466. The molecule has 9 atom stereocenters. The van der Waals surface area contributed by atoms with Crippen LogP contribution in [0.3, 0.4) is 0 Å². The van der Waals surface area contributed by atoms with Crippen molar-refractivity contribution in [1.82, 2.24) is 0 Å². The number of hydrogen-bond donors (Lipinski definition) is 3. The van der Waals surface area contributed by atoms with E-state index in [9.17, 15) is 20.1 Å². The van der Waals surface area contributed by atoms with Crippen LogP contribution >= 0.6 is 0 Å². The Labute approximate surface area is 165 Å². The minimum Gasteiger partial charge on any atom is -0.462 e. The maximum atomic E-state index is 12.0. The standard InChI is InChI=1S/C22H32O6/c1-11-13-5-6-14-20-10-27-22(26,21(14,9-13)17(11)24)18(25)16(20)19(3,4)8-7-15(20)28-12(2)23/h13-18,24-26H,1,5-10H2,2-4H3/t13-,14+,15+,16-,17-,18+,20-,21+,22-/m1/s1. The lowest BCUT2D eigenvalue weighted by atomic mass is 9.36. The summed E-state index contributed by atoms with van der Waals surface area (Å²) in [5, 5.41) is 34.6. The molecule has 6 nitrogen and oxygen atoms in total. The average molecular weight is 392 g/mol. The fourth-order valence-electron chi connectivity index (χ4n) is 8.42. The molecule has 4 aliphatic carbocycles. The lowest BCUT2D eigenvalue weighted by Gasteiger charge is -2.75. The molecule has 0 amide bonds. The Kier molecular flexibility index (Phi) is 3.67. The van der Waals surface area contributed by atoms with E-state index in [1.165, 1.54) is 6.92 Å². The van der Waals surface area contributed by atoms with Crippen LogP contribution < -0.4 is 0 Å². The van der Waals surface area contributed by atoms with E-state index in [4.69, 9.17) is 9.47 Å². The van der Waals surface area contributed by atoms with Gasteiger partial charge in [0.15, 0.2) is 0 Å². The van der Waals surface area contributed by atoms with Gasteiger partial charge < -0.3 is 24.8 Å². The molecule has 6 heteroatoms. The molecule has 0 unspecified atom stereocenters. The maximum absolute atomic E-state index is 12.0. The first kappa shape index (κ1) is 19.0. The van der Waals surface area contributed by atoms with Crippen LogP contribution in [-0.2, 0) is 14.3 Å². The van der Waals surface area contributed by atoms with E-state index >= 15 is 0 Å². The van der Waals surface area contributed by atoms with Crippen molar-refractivity contribution in [2.75, 3.05) is 6.61 Å². The summed E-state index contributed by atoms with van der Waals surface area (Å²) in [6.45, 7) is 10.0. The van der Waals surface area contributed by atoms with E-state index in [-0.39, 0.29) is 41.8 Å². The predicted molar refractivity (Wildman–Crippen MR) is 99.8 cm³/mol. The molecule has 0 radical (unpaired) electrons. The molecule has 2 heterocycles. The minimum atomic E-state index is -1.81. The van der Waals surface area contributed by atoms with Gasteiger partial charge in [0.2, 0.25) is 5.79 Å². The van der Waals surface area contributed by atoms with Gasteiger partial charge in [-0.15, -0.1) is 0 Å². The van der Waals surface area contributed by atoms with Crippen LogP contribution in [0.4, 0.5) is 0 Å². The highest BCUT2D eigenvalue weighted by Crippen LogP contribution is 2.77. The van der Waals surface area contributed by atoms with E-state index < -0.39 is 28.8 Å². The first-order valence-corrected chi connectivity index (χ1v) is 10.6. The summed E-state index contributed by atoms with van der Waals surface area (Å²) in [5.74, 6) is -2.38. The van der Waals surface area contributed by atoms with Gasteiger partial charge in [-0.3, -0.25) is 4.79 Å². The zero-order valence-electron chi connectivity index (χ0n) is 17.0. The highest BCUT2D eigenvalue weighted by atomic mass is 16.6. The first-order chi connectivity index (χ1) is 13.0. The number of fused-ring (bicyclic) bond motifs is 2. The van der Waals surface area contributed by atoms with Crippen LogP contribution in [-0.4, -0.2) is 52.0 Å². The summed E-state index contributed by atoms with van der Waals surface area (Å²) in [5.41, 5.74) is -1.11. The lowest BCUT2D eigenvalue weighted by Crippen LogP contribution is -2.84. The largest absolute Gasteiger partial charge is 0.462 e. The van der Waals surface area contributed by atoms with E-state index in [0.717, 1.165) is 24.8 Å². The summed E-state index contributed by atoms with van der Waals surface area (Å²) >= 11 is 0. The van der Waals surface area contributed by atoms with Crippen LogP contribution in [0.25, 0.3) is 0 Å². The molecule has 4 bridgehead atoms. The Morgan fingerprint density at radius 2 is 1.96 bits per heavy atom. The third-order valence-corrected chi connectivity index (χ3v) is 9.33. The van der Waals surface area contributed by atoms with Crippen molar-refractivity contribution in [3.63, 3.8) is 0 Å². The van der Waals surface area contributed by atoms with Crippen molar-refractivity contribution in [3.8, 4) is 0 Å². The predicted octanol–water partition coefficient (Wildman–Crippen LogP) is 1.77. The Morgan fingerprint density at radius 1 is 1.25 bits per heavy atom. The topological polar surface area (TPSA) is 96.2 Å². The molecule has 2 saturated heterocycles. The normalized spacial score (nSPS) is 56.1. The molecule has 6 aliphatic rings. The van der Waals surface area contributed by atoms with Crippen molar-refractivity contribution in [3.05, 3.63) is 12.2 Å². The summed E-state index contributed by atoms with van der Waals surface area (Å²) in [6.07, 6.45) is 1.30. The molecule has 28 heavy (non-hydrogen) atoms. The van der Waals surface area contributed by atoms with Crippen LogP contribution in [0.2, 0.25) is 0 Å². The minimum absolute atomic E-state index is 0.0958. The summed E-state index contributed by atoms with van der Waals surface area (Å²) < 4.78 is 11.9. The number of carbonyl (C=O) groups excluding carboxylic acids is 1. The van der Waals surface area contributed by atoms with Crippen molar-refractivity contribution in [1.29, 1.82) is 0 Å². The van der Waals surface area contributed by atoms with Crippen molar-refractivity contribution < 1.29 is 29.6 Å². The third kappa shape index (κ3) is 1.83. The van der Waals surface area contributed by atoms with Gasteiger partial charge in [-0.05, 0) is 54.9 Å². The monoisotopic (exact) mass is 392 g/mol. The van der Waals surface area contributed by atoms with Crippen molar-refractivity contribution in [2.45, 2.75) is 77.0 Å². The second kappa shape index (κ2) is 5.39. The number of hydrogen-bond acceptors (Lipinski definition) is 6. The fourth-order valence-corrected chi connectivity index (χ4v) is 8.42.